The minimum absolute atomic E-state index is 0.304. The predicted octanol–water partition coefficient (Wildman–Crippen LogP) is 4.59. The largest absolute Gasteiger partial charge is 0.298 e. The van der Waals surface area contributed by atoms with Crippen molar-refractivity contribution in [3.8, 4) is 17.3 Å². The molecule has 23 heavy (non-hydrogen) atoms. The Morgan fingerprint density at radius 3 is 2.83 bits per heavy atom. The summed E-state index contributed by atoms with van der Waals surface area (Å²) in [7, 11) is 0. The van der Waals surface area contributed by atoms with Crippen molar-refractivity contribution in [2.45, 2.75) is 0 Å². The number of benzene rings is 2. The minimum Gasteiger partial charge on any atom is -0.298 e. The number of hydrogen-bond acceptors (Lipinski definition) is 4. The molecule has 1 amide bonds. The Morgan fingerprint density at radius 1 is 1.22 bits per heavy atom. The van der Waals surface area contributed by atoms with Crippen LogP contribution in [-0.2, 0) is 0 Å². The average Bonchev–Trinajstić information content (AvgIpc) is 3.03. The molecule has 112 valence electrons. The molecule has 0 aliphatic heterocycles. The maximum Gasteiger partial charge on any atom is 0.257 e. The summed E-state index contributed by atoms with van der Waals surface area (Å²) in [5, 5.41) is 14.5. The number of nitriles is 1. The highest BCUT2D eigenvalue weighted by atomic mass is 35.5. The second kappa shape index (κ2) is 6.61. The monoisotopic (exact) mass is 339 g/mol. The molecule has 4 nitrogen and oxygen atoms in total. The van der Waals surface area contributed by atoms with Gasteiger partial charge in [0.15, 0.2) is 5.13 Å². The van der Waals surface area contributed by atoms with Gasteiger partial charge in [0.1, 0.15) is 0 Å². The summed E-state index contributed by atoms with van der Waals surface area (Å²) in [5.41, 5.74) is 2.38. The molecule has 3 rings (SSSR count). The molecule has 2 aromatic carbocycles. The normalized spacial score (nSPS) is 10.1. The van der Waals surface area contributed by atoms with Crippen molar-refractivity contribution in [2.75, 3.05) is 5.32 Å². The summed E-state index contributed by atoms with van der Waals surface area (Å²) in [6.45, 7) is 0. The zero-order chi connectivity index (χ0) is 16.2. The number of carbonyl (C=O) groups is 1. The molecule has 0 aliphatic rings. The molecule has 1 heterocycles. The predicted molar refractivity (Wildman–Crippen MR) is 91.7 cm³/mol. The quantitative estimate of drug-likeness (QED) is 0.759. The van der Waals surface area contributed by atoms with Crippen LogP contribution in [0.2, 0.25) is 5.02 Å². The number of anilines is 1. The summed E-state index contributed by atoms with van der Waals surface area (Å²) in [4.78, 5) is 16.6. The molecule has 0 fully saturated rings. The van der Waals surface area contributed by atoms with Gasteiger partial charge in [0, 0.05) is 21.5 Å². The maximum absolute atomic E-state index is 12.2. The number of thiazole rings is 1. The van der Waals surface area contributed by atoms with E-state index in [2.05, 4.69) is 10.3 Å². The Labute approximate surface area is 142 Å². The van der Waals surface area contributed by atoms with E-state index in [9.17, 15) is 4.79 Å². The first-order valence-electron chi connectivity index (χ1n) is 6.69. The summed E-state index contributed by atoms with van der Waals surface area (Å²) in [6, 6.07) is 15.9. The SMILES string of the molecule is N#Cc1cccc(C(=O)Nc2nc(-c3ccccc3Cl)cs2)c1. The van der Waals surface area contributed by atoms with Gasteiger partial charge >= 0.3 is 0 Å². The van der Waals surface area contributed by atoms with E-state index in [0.717, 1.165) is 5.56 Å². The molecule has 0 bridgehead atoms. The molecule has 0 aliphatic carbocycles. The van der Waals surface area contributed by atoms with Crippen molar-refractivity contribution < 1.29 is 4.79 Å². The van der Waals surface area contributed by atoms with Gasteiger partial charge in [0.05, 0.1) is 17.3 Å². The molecule has 0 atom stereocenters. The molecular formula is C17H10ClN3OS. The van der Waals surface area contributed by atoms with E-state index >= 15 is 0 Å². The minimum atomic E-state index is -0.304. The molecule has 0 saturated heterocycles. The summed E-state index contributed by atoms with van der Waals surface area (Å²) < 4.78 is 0. The van der Waals surface area contributed by atoms with Crippen LogP contribution in [0.4, 0.5) is 5.13 Å². The van der Waals surface area contributed by atoms with Crippen molar-refractivity contribution in [2.24, 2.45) is 0 Å². The van der Waals surface area contributed by atoms with E-state index in [1.807, 2.05) is 29.6 Å². The molecule has 1 N–H and O–H groups in total. The van der Waals surface area contributed by atoms with Gasteiger partial charge in [-0.05, 0) is 24.3 Å². The number of halogens is 1. The number of carbonyl (C=O) groups excluding carboxylic acids is 1. The van der Waals surface area contributed by atoms with Crippen LogP contribution in [0.3, 0.4) is 0 Å². The Hall–Kier alpha value is -2.68. The van der Waals surface area contributed by atoms with Crippen LogP contribution >= 0.6 is 22.9 Å². The average molecular weight is 340 g/mol. The lowest BCUT2D eigenvalue weighted by atomic mass is 10.1. The van der Waals surface area contributed by atoms with Gasteiger partial charge in [0.2, 0.25) is 0 Å². The van der Waals surface area contributed by atoms with Gasteiger partial charge in [-0.25, -0.2) is 4.98 Å². The van der Waals surface area contributed by atoms with Crippen LogP contribution in [0.5, 0.6) is 0 Å². The molecule has 3 aromatic rings. The van der Waals surface area contributed by atoms with E-state index in [4.69, 9.17) is 16.9 Å². The molecule has 6 heteroatoms. The fourth-order valence-electron chi connectivity index (χ4n) is 2.02. The smallest absolute Gasteiger partial charge is 0.257 e. The van der Waals surface area contributed by atoms with Crippen LogP contribution in [0.25, 0.3) is 11.3 Å². The van der Waals surface area contributed by atoms with Crippen LogP contribution in [0.1, 0.15) is 15.9 Å². The number of amides is 1. The van der Waals surface area contributed by atoms with Crippen LogP contribution in [-0.4, -0.2) is 10.9 Å². The summed E-state index contributed by atoms with van der Waals surface area (Å²) in [6.07, 6.45) is 0. The van der Waals surface area contributed by atoms with Gasteiger partial charge in [-0.3, -0.25) is 10.1 Å². The van der Waals surface area contributed by atoms with Crippen LogP contribution in [0.15, 0.2) is 53.9 Å². The Bertz CT molecular complexity index is 914. The third-order valence-corrected chi connectivity index (χ3v) is 4.22. The lowest BCUT2D eigenvalue weighted by Gasteiger charge is -2.02. The first kappa shape index (κ1) is 15.2. The fourth-order valence-corrected chi connectivity index (χ4v) is 2.96. The number of rotatable bonds is 3. The van der Waals surface area contributed by atoms with Gasteiger partial charge < -0.3 is 0 Å². The van der Waals surface area contributed by atoms with Crippen LogP contribution < -0.4 is 5.32 Å². The highest BCUT2D eigenvalue weighted by Crippen LogP contribution is 2.30. The van der Waals surface area contributed by atoms with Gasteiger partial charge in [-0.1, -0.05) is 35.9 Å². The lowest BCUT2D eigenvalue weighted by molar-refractivity contribution is 0.102. The summed E-state index contributed by atoms with van der Waals surface area (Å²) in [5.74, 6) is -0.304. The molecule has 1 aromatic heterocycles. The van der Waals surface area contributed by atoms with Gasteiger partial charge in [0.25, 0.3) is 5.91 Å². The van der Waals surface area contributed by atoms with E-state index in [0.29, 0.717) is 27.0 Å². The zero-order valence-electron chi connectivity index (χ0n) is 11.8. The number of nitrogens with zero attached hydrogens (tertiary/aromatic N) is 2. The second-order valence-electron chi connectivity index (χ2n) is 4.66. The van der Waals surface area contributed by atoms with Crippen molar-refractivity contribution in [1.82, 2.24) is 4.98 Å². The van der Waals surface area contributed by atoms with Crippen molar-refractivity contribution >= 4 is 34.0 Å². The first-order valence-corrected chi connectivity index (χ1v) is 7.95. The maximum atomic E-state index is 12.2. The summed E-state index contributed by atoms with van der Waals surface area (Å²) >= 11 is 7.47. The van der Waals surface area contributed by atoms with E-state index < -0.39 is 0 Å². The Kier molecular flexibility index (Phi) is 4.38. The van der Waals surface area contributed by atoms with E-state index in [1.54, 1.807) is 24.3 Å². The Morgan fingerprint density at radius 2 is 2.04 bits per heavy atom. The second-order valence-corrected chi connectivity index (χ2v) is 5.93. The molecule has 0 radical (unpaired) electrons. The van der Waals surface area contributed by atoms with Crippen molar-refractivity contribution in [3.05, 3.63) is 70.1 Å². The standard InChI is InChI=1S/C17H10ClN3OS/c18-14-7-2-1-6-13(14)15-10-23-17(20-15)21-16(22)12-5-3-4-11(8-12)9-19/h1-8,10H,(H,20,21,22). The number of nitrogens with one attached hydrogen (secondary N) is 1. The molecule has 0 saturated carbocycles. The van der Waals surface area contributed by atoms with Gasteiger partial charge in [-0.15, -0.1) is 11.3 Å². The first-order chi connectivity index (χ1) is 11.2. The third-order valence-electron chi connectivity index (χ3n) is 3.13. The molecule has 0 unspecified atom stereocenters. The molecule has 0 spiro atoms. The number of hydrogen-bond donors (Lipinski definition) is 1. The molecular weight excluding hydrogens is 330 g/mol. The lowest BCUT2D eigenvalue weighted by Crippen LogP contribution is -2.11. The van der Waals surface area contributed by atoms with Crippen LogP contribution in [0, 0.1) is 11.3 Å². The Balaban J connectivity index is 1.80. The topological polar surface area (TPSA) is 65.8 Å². The zero-order valence-corrected chi connectivity index (χ0v) is 13.4. The van der Waals surface area contributed by atoms with Crippen molar-refractivity contribution in [3.63, 3.8) is 0 Å². The third kappa shape index (κ3) is 3.39. The van der Waals surface area contributed by atoms with Crippen molar-refractivity contribution in [1.29, 1.82) is 5.26 Å². The van der Waals surface area contributed by atoms with E-state index in [-0.39, 0.29) is 5.91 Å². The highest BCUT2D eigenvalue weighted by molar-refractivity contribution is 7.14. The van der Waals surface area contributed by atoms with E-state index in [1.165, 1.54) is 17.4 Å². The number of aromatic nitrogens is 1. The fraction of sp³-hybridized carbons (Fsp3) is 0. The highest BCUT2D eigenvalue weighted by Gasteiger charge is 2.11. The van der Waals surface area contributed by atoms with Gasteiger partial charge in [-0.2, -0.15) is 5.26 Å².